The molecule has 1 unspecified atom stereocenters. The molecule has 2 aromatic carbocycles. The number of carbonyl (C=O) groups is 2. The predicted octanol–water partition coefficient (Wildman–Crippen LogP) is 2.82. The van der Waals surface area contributed by atoms with Gasteiger partial charge in [-0.25, -0.2) is 18.4 Å². The van der Waals surface area contributed by atoms with Crippen LogP contribution in [0.4, 0.5) is 5.69 Å². The lowest BCUT2D eigenvalue weighted by molar-refractivity contribution is -0.123. The number of para-hydroxylation sites is 1. The summed E-state index contributed by atoms with van der Waals surface area (Å²) < 4.78 is 28.0. The molecule has 3 N–H and O–H groups in total. The highest BCUT2D eigenvalue weighted by Gasteiger charge is 2.22. The van der Waals surface area contributed by atoms with E-state index in [2.05, 4.69) is 5.32 Å². The molecule has 0 saturated carbocycles. The first-order valence-corrected chi connectivity index (χ1v) is 9.48. The van der Waals surface area contributed by atoms with Crippen molar-refractivity contribution in [1.29, 1.82) is 0 Å². The van der Waals surface area contributed by atoms with Crippen molar-refractivity contribution >= 4 is 50.8 Å². The van der Waals surface area contributed by atoms with Crippen LogP contribution in [0.2, 0.25) is 10.0 Å². The van der Waals surface area contributed by atoms with Gasteiger partial charge in [-0.1, -0.05) is 35.3 Å². The zero-order valence-corrected chi connectivity index (χ0v) is 15.7. The number of ether oxygens (including phenoxy) is 1. The Hall–Kier alpha value is -2.13. The third kappa shape index (κ3) is 4.95. The van der Waals surface area contributed by atoms with Gasteiger partial charge in [0, 0.05) is 0 Å². The Morgan fingerprint density at radius 2 is 1.77 bits per heavy atom. The van der Waals surface area contributed by atoms with Crippen molar-refractivity contribution < 1.29 is 22.7 Å². The fraction of sp³-hybridized carbons (Fsp3) is 0.125. The number of halogens is 2. The maximum absolute atomic E-state index is 12.2. The largest absolute Gasteiger partial charge is 0.449 e. The number of nitrogens with one attached hydrogen (secondary N) is 1. The van der Waals surface area contributed by atoms with Gasteiger partial charge in [-0.05, 0) is 37.3 Å². The Bertz CT molecular complexity index is 963. The van der Waals surface area contributed by atoms with E-state index in [9.17, 15) is 18.0 Å². The predicted molar refractivity (Wildman–Crippen MR) is 97.8 cm³/mol. The van der Waals surface area contributed by atoms with Crippen LogP contribution in [0.5, 0.6) is 0 Å². The van der Waals surface area contributed by atoms with Crippen LogP contribution in [0.3, 0.4) is 0 Å². The number of hydrogen-bond donors (Lipinski definition) is 2. The molecule has 7 nitrogen and oxygen atoms in total. The highest BCUT2D eigenvalue weighted by Crippen LogP contribution is 2.23. The zero-order chi connectivity index (χ0) is 19.5. The van der Waals surface area contributed by atoms with Gasteiger partial charge in [-0.15, -0.1) is 0 Å². The summed E-state index contributed by atoms with van der Waals surface area (Å²) in [5, 5.41) is 7.76. The molecule has 2 aromatic rings. The smallest absolute Gasteiger partial charge is 0.338 e. The third-order valence-corrected chi connectivity index (χ3v) is 4.98. The summed E-state index contributed by atoms with van der Waals surface area (Å²) in [6.07, 6.45) is -1.16. The van der Waals surface area contributed by atoms with E-state index in [1.165, 1.54) is 19.1 Å². The molecule has 0 fully saturated rings. The Balaban J connectivity index is 2.12. The molecule has 0 aliphatic carbocycles. The number of carbonyl (C=O) groups excluding carboxylic acids is 2. The van der Waals surface area contributed by atoms with Crippen molar-refractivity contribution in [3.8, 4) is 0 Å². The van der Waals surface area contributed by atoms with E-state index in [4.69, 9.17) is 33.1 Å². The molecule has 0 radical (unpaired) electrons. The quantitative estimate of drug-likeness (QED) is 0.726. The monoisotopic (exact) mass is 416 g/mol. The van der Waals surface area contributed by atoms with E-state index in [-0.39, 0.29) is 10.6 Å². The molecule has 138 valence electrons. The first kappa shape index (κ1) is 20.2. The molecule has 2 rings (SSSR count). The Morgan fingerprint density at radius 3 is 2.38 bits per heavy atom. The summed E-state index contributed by atoms with van der Waals surface area (Å²) in [6, 6.07) is 10.0. The summed E-state index contributed by atoms with van der Waals surface area (Å²) in [5.41, 5.74) is 0.251. The van der Waals surface area contributed by atoms with Crippen molar-refractivity contribution in [3.05, 3.63) is 58.1 Å². The zero-order valence-electron chi connectivity index (χ0n) is 13.4. The first-order valence-electron chi connectivity index (χ1n) is 7.18. The van der Waals surface area contributed by atoms with Crippen molar-refractivity contribution in [2.24, 2.45) is 5.14 Å². The van der Waals surface area contributed by atoms with Gasteiger partial charge in [0.25, 0.3) is 5.91 Å². The van der Waals surface area contributed by atoms with Gasteiger partial charge in [-0.3, -0.25) is 4.79 Å². The lowest BCUT2D eigenvalue weighted by Gasteiger charge is -2.14. The number of hydrogen-bond acceptors (Lipinski definition) is 5. The van der Waals surface area contributed by atoms with Crippen LogP contribution in [-0.2, 0) is 19.6 Å². The number of primary sulfonamides is 1. The average molecular weight is 417 g/mol. The number of esters is 1. The van der Waals surface area contributed by atoms with Gasteiger partial charge in [-0.2, -0.15) is 0 Å². The van der Waals surface area contributed by atoms with Gasteiger partial charge in [0.1, 0.15) is 4.90 Å². The topological polar surface area (TPSA) is 116 Å². The van der Waals surface area contributed by atoms with Crippen molar-refractivity contribution in [1.82, 2.24) is 0 Å². The molecule has 0 saturated heterocycles. The number of anilines is 1. The molecule has 1 amide bonds. The number of nitrogens with two attached hydrogens (primary N) is 1. The summed E-state index contributed by atoms with van der Waals surface area (Å²) in [5.74, 6) is -1.51. The minimum Gasteiger partial charge on any atom is -0.449 e. The summed E-state index contributed by atoms with van der Waals surface area (Å²) in [6.45, 7) is 1.36. The van der Waals surface area contributed by atoms with Crippen LogP contribution in [0, 0.1) is 0 Å². The Morgan fingerprint density at radius 1 is 1.12 bits per heavy atom. The summed E-state index contributed by atoms with van der Waals surface area (Å²) in [4.78, 5) is 23.9. The number of sulfonamides is 1. The Labute approximate surface area is 160 Å². The standard InChI is InChI=1S/C16H14Cl2N2O5S/c1-9(15(21)20-13-5-3-2-4-11(13)17)25-16(22)10-6-7-12(18)14(8-10)26(19,23)24/h2-9H,1H3,(H,20,21)(H2,19,23,24). The average Bonchev–Trinajstić information content (AvgIpc) is 2.56. The van der Waals surface area contributed by atoms with Gasteiger partial charge in [0.15, 0.2) is 6.10 Å². The van der Waals surface area contributed by atoms with Crippen molar-refractivity contribution in [3.63, 3.8) is 0 Å². The van der Waals surface area contributed by atoms with Crippen molar-refractivity contribution in [2.45, 2.75) is 17.9 Å². The van der Waals surface area contributed by atoms with Gasteiger partial charge < -0.3 is 10.1 Å². The minimum absolute atomic E-state index is 0.115. The van der Waals surface area contributed by atoms with Crippen molar-refractivity contribution in [2.75, 3.05) is 5.32 Å². The second kappa shape index (κ2) is 8.05. The van der Waals surface area contributed by atoms with E-state index in [1.54, 1.807) is 24.3 Å². The molecule has 0 spiro atoms. The molecular weight excluding hydrogens is 403 g/mol. The lowest BCUT2D eigenvalue weighted by Crippen LogP contribution is -2.30. The summed E-state index contributed by atoms with van der Waals surface area (Å²) >= 11 is 11.7. The first-order chi connectivity index (χ1) is 12.1. The highest BCUT2D eigenvalue weighted by molar-refractivity contribution is 7.89. The second-order valence-corrected chi connectivity index (χ2v) is 7.55. The lowest BCUT2D eigenvalue weighted by atomic mass is 10.2. The van der Waals surface area contributed by atoms with Crippen LogP contribution in [0.25, 0.3) is 0 Å². The molecule has 0 aliphatic rings. The molecular formula is C16H14Cl2N2O5S. The van der Waals surface area contributed by atoms with Crippen LogP contribution >= 0.6 is 23.2 Å². The van der Waals surface area contributed by atoms with Crippen LogP contribution in [0.1, 0.15) is 17.3 Å². The second-order valence-electron chi connectivity index (χ2n) is 5.21. The molecule has 26 heavy (non-hydrogen) atoms. The van der Waals surface area contributed by atoms with E-state index in [0.717, 1.165) is 6.07 Å². The fourth-order valence-corrected chi connectivity index (χ4v) is 3.18. The maximum Gasteiger partial charge on any atom is 0.338 e. The molecule has 0 bridgehead atoms. The number of rotatable bonds is 5. The van der Waals surface area contributed by atoms with E-state index in [1.807, 2.05) is 0 Å². The van der Waals surface area contributed by atoms with Gasteiger partial charge in [0.2, 0.25) is 10.0 Å². The Kier molecular flexibility index (Phi) is 6.25. The molecule has 0 aliphatic heterocycles. The molecule has 1 atom stereocenters. The van der Waals surface area contributed by atoms with E-state index >= 15 is 0 Å². The van der Waals surface area contributed by atoms with E-state index < -0.39 is 32.9 Å². The molecule has 0 aromatic heterocycles. The van der Waals surface area contributed by atoms with Gasteiger partial charge >= 0.3 is 5.97 Å². The van der Waals surface area contributed by atoms with Gasteiger partial charge in [0.05, 0.1) is 21.3 Å². The minimum atomic E-state index is -4.11. The normalized spacial score (nSPS) is 12.3. The van der Waals surface area contributed by atoms with E-state index in [0.29, 0.717) is 10.7 Å². The highest BCUT2D eigenvalue weighted by atomic mass is 35.5. The maximum atomic E-state index is 12.2. The van der Waals surface area contributed by atoms with Crippen LogP contribution < -0.4 is 10.5 Å². The summed E-state index contributed by atoms with van der Waals surface area (Å²) in [7, 11) is -4.11. The molecule has 10 heteroatoms. The SMILES string of the molecule is CC(OC(=O)c1ccc(Cl)c(S(N)(=O)=O)c1)C(=O)Nc1ccccc1Cl. The number of benzene rings is 2. The third-order valence-electron chi connectivity index (χ3n) is 3.26. The van der Waals surface area contributed by atoms with Crippen LogP contribution in [-0.4, -0.2) is 26.4 Å². The van der Waals surface area contributed by atoms with Crippen LogP contribution in [0.15, 0.2) is 47.4 Å². The number of amides is 1. The molecule has 0 heterocycles. The fourth-order valence-electron chi connectivity index (χ4n) is 1.93.